The Morgan fingerprint density at radius 3 is 2.67 bits per heavy atom. The highest BCUT2D eigenvalue weighted by Crippen LogP contribution is 2.22. The van der Waals surface area contributed by atoms with E-state index in [2.05, 4.69) is 28.5 Å². The van der Waals surface area contributed by atoms with E-state index in [1.54, 1.807) is 0 Å². The van der Waals surface area contributed by atoms with Crippen molar-refractivity contribution in [1.29, 1.82) is 0 Å². The highest BCUT2D eigenvalue weighted by Gasteiger charge is 2.09. The summed E-state index contributed by atoms with van der Waals surface area (Å²) in [5.41, 5.74) is 4.06. The van der Waals surface area contributed by atoms with E-state index in [9.17, 15) is 4.79 Å². The van der Waals surface area contributed by atoms with Crippen LogP contribution in [0, 0.1) is 6.92 Å². The summed E-state index contributed by atoms with van der Waals surface area (Å²) in [5, 5.41) is 4.26. The summed E-state index contributed by atoms with van der Waals surface area (Å²) in [6.07, 6.45) is 1.77. The molecule has 1 aromatic heterocycles. The van der Waals surface area contributed by atoms with Gasteiger partial charge in [-0.25, -0.2) is 0 Å². The molecular formula is C15H22N2O. The second-order valence-corrected chi connectivity index (χ2v) is 4.04. The van der Waals surface area contributed by atoms with Gasteiger partial charge < -0.3 is 10.3 Å². The van der Waals surface area contributed by atoms with Crippen LogP contribution in [0.25, 0.3) is 10.9 Å². The number of carbonyl (C=O) groups excluding carboxylic acids is 1. The molecule has 1 heterocycles. The minimum absolute atomic E-state index is 0.704. The number of hydrogen-bond acceptors (Lipinski definition) is 2. The Bertz CT molecular complexity index is 514. The van der Waals surface area contributed by atoms with Crippen LogP contribution in [0.4, 0.5) is 0 Å². The molecule has 0 unspecified atom stereocenters. The molecule has 2 aromatic rings. The van der Waals surface area contributed by atoms with Gasteiger partial charge in [-0.05, 0) is 44.1 Å². The van der Waals surface area contributed by atoms with E-state index in [1.807, 2.05) is 27.8 Å². The standard InChI is InChI=1S/C13H16N2O.C2H6/c1-9-3-4-10-11(5-6-14-2)13(8-16)15-12(10)7-9;1-2/h3-4,7-8,14-15H,5-6H2,1-2H3;1-2H3. The molecule has 18 heavy (non-hydrogen) atoms. The number of fused-ring (bicyclic) bond motifs is 1. The van der Waals surface area contributed by atoms with Crippen LogP contribution < -0.4 is 5.32 Å². The Morgan fingerprint density at radius 1 is 1.33 bits per heavy atom. The molecule has 2 N–H and O–H groups in total. The number of aromatic nitrogens is 1. The zero-order chi connectivity index (χ0) is 13.5. The number of aldehydes is 1. The van der Waals surface area contributed by atoms with Crippen LogP contribution in [-0.4, -0.2) is 24.9 Å². The first-order chi connectivity index (χ1) is 8.76. The maximum absolute atomic E-state index is 11.0. The zero-order valence-corrected chi connectivity index (χ0v) is 11.6. The number of likely N-dealkylation sites (N-methyl/N-ethyl adjacent to an activating group) is 1. The van der Waals surface area contributed by atoms with Gasteiger partial charge in [-0.1, -0.05) is 26.0 Å². The smallest absolute Gasteiger partial charge is 0.166 e. The molecule has 0 bridgehead atoms. The van der Waals surface area contributed by atoms with Gasteiger partial charge in [0.05, 0.1) is 5.69 Å². The van der Waals surface area contributed by atoms with Crippen molar-refractivity contribution in [3.8, 4) is 0 Å². The van der Waals surface area contributed by atoms with E-state index in [0.717, 1.165) is 35.7 Å². The second kappa shape index (κ2) is 6.97. The molecule has 3 nitrogen and oxygen atoms in total. The Balaban J connectivity index is 0.000000771. The van der Waals surface area contributed by atoms with E-state index < -0.39 is 0 Å². The molecule has 0 radical (unpaired) electrons. The van der Waals surface area contributed by atoms with Crippen molar-refractivity contribution in [2.24, 2.45) is 0 Å². The number of H-pyrrole nitrogens is 1. The lowest BCUT2D eigenvalue weighted by Gasteiger charge is -2.00. The molecule has 0 aliphatic rings. The Labute approximate surface area is 109 Å². The Morgan fingerprint density at radius 2 is 2.06 bits per heavy atom. The SMILES string of the molecule is CC.CNCCc1c(C=O)[nH]c2cc(C)ccc12. The van der Waals surface area contributed by atoms with E-state index in [1.165, 1.54) is 5.56 Å². The van der Waals surface area contributed by atoms with Crippen LogP contribution in [0.2, 0.25) is 0 Å². The number of hydrogen-bond donors (Lipinski definition) is 2. The fourth-order valence-corrected chi connectivity index (χ4v) is 2.01. The molecule has 0 saturated heterocycles. The molecule has 0 spiro atoms. The highest BCUT2D eigenvalue weighted by atomic mass is 16.1. The topological polar surface area (TPSA) is 44.9 Å². The summed E-state index contributed by atoms with van der Waals surface area (Å²) < 4.78 is 0. The molecule has 0 aliphatic carbocycles. The normalized spacial score (nSPS) is 10.0. The predicted molar refractivity (Wildman–Crippen MR) is 77.4 cm³/mol. The third kappa shape index (κ3) is 2.99. The molecule has 0 saturated carbocycles. The first kappa shape index (κ1) is 14.5. The van der Waals surface area contributed by atoms with Gasteiger partial charge in [0.15, 0.2) is 6.29 Å². The van der Waals surface area contributed by atoms with Gasteiger partial charge in [0.1, 0.15) is 0 Å². The van der Waals surface area contributed by atoms with Gasteiger partial charge in [-0.15, -0.1) is 0 Å². The van der Waals surface area contributed by atoms with Crippen molar-refractivity contribution in [2.45, 2.75) is 27.2 Å². The van der Waals surface area contributed by atoms with Crippen molar-refractivity contribution in [3.63, 3.8) is 0 Å². The number of carbonyl (C=O) groups is 1. The van der Waals surface area contributed by atoms with Crippen molar-refractivity contribution in [2.75, 3.05) is 13.6 Å². The molecule has 0 fully saturated rings. The number of aryl methyl sites for hydroxylation is 1. The summed E-state index contributed by atoms with van der Waals surface area (Å²) in [4.78, 5) is 14.2. The van der Waals surface area contributed by atoms with Crippen LogP contribution >= 0.6 is 0 Å². The lowest BCUT2D eigenvalue weighted by Crippen LogP contribution is -2.11. The van der Waals surface area contributed by atoms with E-state index in [4.69, 9.17) is 0 Å². The zero-order valence-electron chi connectivity index (χ0n) is 11.6. The largest absolute Gasteiger partial charge is 0.352 e. The molecule has 0 aliphatic heterocycles. The molecule has 3 heteroatoms. The number of benzene rings is 1. The third-order valence-electron chi connectivity index (χ3n) is 2.84. The van der Waals surface area contributed by atoms with Crippen LogP contribution in [-0.2, 0) is 6.42 Å². The molecule has 1 aromatic carbocycles. The number of aromatic amines is 1. The van der Waals surface area contributed by atoms with Crippen LogP contribution in [0.5, 0.6) is 0 Å². The lowest BCUT2D eigenvalue weighted by atomic mass is 10.1. The average Bonchev–Trinajstić information content (AvgIpc) is 2.75. The van der Waals surface area contributed by atoms with Gasteiger partial charge in [0.2, 0.25) is 0 Å². The number of rotatable bonds is 4. The molecular weight excluding hydrogens is 224 g/mol. The van der Waals surface area contributed by atoms with Gasteiger partial charge in [0.25, 0.3) is 0 Å². The monoisotopic (exact) mass is 246 g/mol. The summed E-state index contributed by atoms with van der Waals surface area (Å²) in [6, 6.07) is 6.23. The van der Waals surface area contributed by atoms with Crippen molar-refractivity contribution < 1.29 is 4.79 Å². The fourth-order valence-electron chi connectivity index (χ4n) is 2.01. The second-order valence-electron chi connectivity index (χ2n) is 4.04. The minimum Gasteiger partial charge on any atom is -0.352 e. The summed E-state index contributed by atoms with van der Waals surface area (Å²) in [6.45, 7) is 6.93. The lowest BCUT2D eigenvalue weighted by molar-refractivity contribution is 0.111. The summed E-state index contributed by atoms with van der Waals surface area (Å²) in [7, 11) is 1.92. The maximum atomic E-state index is 11.0. The van der Waals surface area contributed by atoms with Crippen LogP contribution in [0.3, 0.4) is 0 Å². The number of nitrogens with one attached hydrogen (secondary N) is 2. The highest BCUT2D eigenvalue weighted by molar-refractivity contribution is 5.92. The van der Waals surface area contributed by atoms with Gasteiger partial charge in [0, 0.05) is 10.9 Å². The van der Waals surface area contributed by atoms with Gasteiger partial charge in [-0.3, -0.25) is 4.79 Å². The van der Waals surface area contributed by atoms with Crippen LogP contribution in [0.1, 0.15) is 35.5 Å². The third-order valence-corrected chi connectivity index (χ3v) is 2.84. The summed E-state index contributed by atoms with van der Waals surface area (Å²) in [5.74, 6) is 0. The van der Waals surface area contributed by atoms with E-state index in [-0.39, 0.29) is 0 Å². The van der Waals surface area contributed by atoms with Crippen LogP contribution in [0.15, 0.2) is 18.2 Å². The maximum Gasteiger partial charge on any atom is 0.166 e. The Hall–Kier alpha value is -1.61. The van der Waals surface area contributed by atoms with Crippen molar-refractivity contribution >= 4 is 17.2 Å². The van der Waals surface area contributed by atoms with E-state index in [0.29, 0.717) is 5.69 Å². The van der Waals surface area contributed by atoms with Crippen molar-refractivity contribution in [1.82, 2.24) is 10.3 Å². The quantitative estimate of drug-likeness (QED) is 0.814. The fraction of sp³-hybridized carbons (Fsp3) is 0.400. The van der Waals surface area contributed by atoms with Crippen molar-refractivity contribution in [3.05, 3.63) is 35.0 Å². The van der Waals surface area contributed by atoms with Gasteiger partial charge >= 0.3 is 0 Å². The van der Waals surface area contributed by atoms with E-state index >= 15 is 0 Å². The Kier molecular flexibility index (Phi) is 5.59. The van der Waals surface area contributed by atoms with Gasteiger partial charge in [-0.2, -0.15) is 0 Å². The first-order valence-corrected chi connectivity index (χ1v) is 6.47. The minimum atomic E-state index is 0.704. The molecule has 98 valence electrons. The first-order valence-electron chi connectivity index (χ1n) is 6.47. The molecule has 2 rings (SSSR count). The molecule has 0 atom stereocenters. The summed E-state index contributed by atoms with van der Waals surface area (Å²) >= 11 is 0. The molecule has 0 amide bonds. The predicted octanol–water partition coefficient (Wildman–Crippen LogP) is 3.08. The average molecular weight is 246 g/mol.